The first-order valence-corrected chi connectivity index (χ1v) is 16.4. The Morgan fingerprint density at radius 1 is 0.766 bits per heavy atom. The van der Waals surface area contributed by atoms with Crippen LogP contribution in [0.25, 0.3) is 11.4 Å². The zero-order valence-electron chi connectivity index (χ0n) is 25.8. The third-order valence-electron chi connectivity index (χ3n) is 9.44. The molecule has 2 saturated carbocycles. The van der Waals surface area contributed by atoms with E-state index >= 15 is 0 Å². The predicted molar refractivity (Wildman–Crippen MR) is 165 cm³/mol. The first-order valence-electron chi connectivity index (χ1n) is 15.6. The van der Waals surface area contributed by atoms with Gasteiger partial charge in [-0.1, -0.05) is 13.8 Å². The van der Waals surface area contributed by atoms with Gasteiger partial charge in [0.15, 0.2) is 23.3 Å². The number of halogens is 6. The van der Waals surface area contributed by atoms with Crippen molar-refractivity contribution in [2.24, 2.45) is 0 Å². The van der Waals surface area contributed by atoms with E-state index in [1.54, 1.807) is 18.7 Å². The minimum Gasteiger partial charge on any atom is -0.341 e. The van der Waals surface area contributed by atoms with Crippen molar-refractivity contribution in [3.05, 3.63) is 46.8 Å². The number of aryl methyl sites for hydroxylation is 1. The van der Waals surface area contributed by atoms with Crippen molar-refractivity contribution in [1.29, 1.82) is 0 Å². The summed E-state index contributed by atoms with van der Waals surface area (Å²) < 4.78 is 58.8. The lowest BCUT2D eigenvalue weighted by Gasteiger charge is -2.40. The normalized spacial score (nSPS) is 25.0. The molecule has 8 rings (SSSR count). The highest BCUT2D eigenvalue weighted by molar-refractivity contribution is 6.28. The molecule has 0 amide bonds. The summed E-state index contributed by atoms with van der Waals surface area (Å²) in [7, 11) is 0. The highest BCUT2D eigenvalue weighted by Crippen LogP contribution is 2.48. The molecule has 18 heteroatoms. The van der Waals surface area contributed by atoms with Gasteiger partial charge in [-0.15, -0.1) is 20.4 Å². The Balaban J connectivity index is 0.000000150. The van der Waals surface area contributed by atoms with E-state index < -0.39 is 11.8 Å². The molecule has 0 bridgehead atoms. The minimum atomic E-state index is -2.64. The van der Waals surface area contributed by atoms with Crippen molar-refractivity contribution in [3.63, 3.8) is 0 Å². The summed E-state index contributed by atoms with van der Waals surface area (Å²) in [6.45, 7) is 5.85. The third kappa shape index (κ3) is 5.56. The predicted octanol–water partition coefficient (Wildman–Crippen LogP) is 6.65. The van der Waals surface area contributed by atoms with Gasteiger partial charge in [0.25, 0.3) is 0 Å². The maximum Gasteiger partial charge on any atom is 0.250 e. The highest BCUT2D eigenvalue weighted by atomic mass is 35.5. The molecule has 0 radical (unpaired) electrons. The number of anilines is 2. The standard InChI is InChI=1S/C15H17ClF2N6.C14H15ClF2N6/c1-3-10-13-22-21-8(2)23(13)11-7-19-14(16)20-12(11)24(10)9-4-5-15(17,18)6-9;1-2-9-12-21-19-7-22(12)10-6-18-13(15)20-11(10)23(9)8-3-4-14(16,17)5-8/h7,9-10H,3-6H2,1-2H3;6-9H,2-5H2,1H3/t9?,10-;8?,9-/m11/s1. The van der Waals surface area contributed by atoms with Crippen LogP contribution in [0.5, 0.6) is 0 Å². The van der Waals surface area contributed by atoms with Gasteiger partial charge < -0.3 is 9.80 Å². The van der Waals surface area contributed by atoms with Gasteiger partial charge in [-0.2, -0.15) is 9.97 Å². The molecule has 0 N–H and O–H groups in total. The Morgan fingerprint density at radius 3 is 1.83 bits per heavy atom. The van der Waals surface area contributed by atoms with E-state index in [1.807, 2.05) is 39.7 Å². The van der Waals surface area contributed by atoms with Gasteiger partial charge in [-0.3, -0.25) is 9.13 Å². The van der Waals surface area contributed by atoms with Crippen molar-refractivity contribution in [3.8, 4) is 11.4 Å². The first kappa shape index (κ1) is 31.9. The average Bonchev–Trinajstić information content (AvgIpc) is 3.82. The second-order valence-corrected chi connectivity index (χ2v) is 13.0. The molecule has 6 heterocycles. The Kier molecular flexibility index (Phi) is 8.01. The van der Waals surface area contributed by atoms with Crippen molar-refractivity contribution < 1.29 is 17.6 Å². The highest BCUT2D eigenvalue weighted by Gasteiger charge is 2.48. The molecule has 250 valence electrons. The number of nitrogens with zero attached hydrogens (tertiary/aromatic N) is 12. The second kappa shape index (κ2) is 11.8. The van der Waals surface area contributed by atoms with E-state index in [4.69, 9.17) is 23.2 Å². The molecule has 12 nitrogen and oxygen atoms in total. The lowest BCUT2D eigenvalue weighted by molar-refractivity contribution is 0.00675. The first-order chi connectivity index (χ1) is 22.4. The van der Waals surface area contributed by atoms with Gasteiger partial charge in [0.05, 0.1) is 24.5 Å². The van der Waals surface area contributed by atoms with Gasteiger partial charge in [0.1, 0.15) is 23.5 Å². The molecule has 2 fully saturated rings. The van der Waals surface area contributed by atoms with Gasteiger partial charge in [-0.25, -0.2) is 27.5 Å². The molecule has 0 saturated heterocycles. The molecule has 4 aliphatic rings. The van der Waals surface area contributed by atoms with Gasteiger partial charge in [0, 0.05) is 37.8 Å². The van der Waals surface area contributed by atoms with E-state index in [0.29, 0.717) is 54.5 Å². The monoisotopic (exact) mass is 694 g/mol. The number of aromatic nitrogens is 10. The van der Waals surface area contributed by atoms with E-state index in [1.165, 1.54) is 0 Å². The molecule has 2 unspecified atom stereocenters. The van der Waals surface area contributed by atoms with Gasteiger partial charge in [0.2, 0.25) is 22.4 Å². The SMILES string of the molecule is CC[C@@H]1c2nnc(C)n2-c2cnc(Cl)nc2N1C1CCC(F)(F)C1.CC[C@@H]1c2nncn2-c2cnc(Cl)nc2N1C1CCC(F)(F)C1. The van der Waals surface area contributed by atoms with Gasteiger partial charge in [-0.05, 0) is 55.8 Å². The number of fused-ring (bicyclic) bond motifs is 6. The van der Waals surface area contributed by atoms with E-state index in [0.717, 1.165) is 11.6 Å². The smallest absolute Gasteiger partial charge is 0.250 e. The number of hydrogen-bond acceptors (Lipinski definition) is 10. The quantitative estimate of drug-likeness (QED) is 0.170. The zero-order chi connectivity index (χ0) is 33.2. The van der Waals surface area contributed by atoms with Crippen LogP contribution in [-0.2, 0) is 0 Å². The van der Waals surface area contributed by atoms with Crippen LogP contribution < -0.4 is 9.80 Å². The molecule has 2 aliphatic carbocycles. The van der Waals surface area contributed by atoms with Crippen LogP contribution >= 0.6 is 23.2 Å². The molecule has 4 aromatic heterocycles. The summed E-state index contributed by atoms with van der Waals surface area (Å²) in [5, 5.41) is 16.8. The number of alkyl halides is 4. The summed E-state index contributed by atoms with van der Waals surface area (Å²) >= 11 is 12.0. The summed E-state index contributed by atoms with van der Waals surface area (Å²) in [5.41, 5.74) is 1.37. The average molecular weight is 696 g/mol. The summed E-state index contributed by atoms with van der Waals surface area (Å²) in [6.07, 6.45) is 6.46. The van der Waals surface area contributed by atoms with Crippen LogP contribution in [0.3, 0.4) is 0 Å². The Bertz CT molecular complexity index is 1800. The van der Waals surface area contributed by atoms with Crippen molar-refractivity contribution in [2.45, 2.75) is 108 Å². The van der Waals surface area contributed by atoms with E-state index in [2.05, 4.69) is 40.3 Å². The third-order valence-corrected chi connectivity index (χ3v) is 9.80. The topological polar surface area (TPSA) is 119 Å². The van der Waals surface area contributed by atoms with E-state index in [-0.39, 0.29) is 60.4 Å². The van der Waals surface area contributed by atoms with Crippen molar-refractivity contribution in [1.82, 2.24) is 49.5 Å². The number of hydrogen-bond donors (Lipinski definition) is 0. The van der Waals surface area contributed by atoms with Crippen LogP contribution in [0.1, 0.15) is 94.8 Å². The molecule has 0 spiro atoms. The van der Waals surface area contributed by atoms with Crippen LogP contribution in [0, 0.1) is 6.92 Å². The molecule has 0 aromatic carbocycles. The van der Waals surface area contributed by atoms with Crippen LogP contribution in [0.2, 0.25) is 10.6 Å². The molecular formula is C29H32Cl2F4N12. The molecule has 47 heavy (non-hydrogen) atoms. The molecular weight excluding hydrogens is 663 g/mol. The Hall–Kier alpha value is -3.66. The summed E-state index contributed by atoms with van der Waals surface area (Å²) in [5.74, 6) is -1.94. The lowest BCUT2D eigenvalue weighted by atomic mass is 10.0. The lowest BCUT2D eigenvalue weighted by Crippen LogP contribution is -2.42. The second-order valence-electron chi connectivity index (χ2n) is 12.4. The molecule has 4 atom stereocenters. The Labute approximate surface area is 277 Å². The number of rotatable bonds is 4. The zero-order valence-corrected chi connectivity index (χ0v) is 27.3. The van der Waals surface area contributed by atoms with Crippen LogP contribution in [0.15, 0.2) is 18.7 Å². The maximum absolute atomic E-state index is 13.8. The van der Waals surface area contributed by atoms with E-state index in [9.17, 15) is 17.6 Å². The largest absolute Gasteiger partial charge is 0.341 e. The maximum atomic E-state index is 13.8. The summed E-state index contributed by atoms with van der Waals surface area (Å²) in [6, 6.07) is -0.927. The van der Waals surface area contributed by atoms with Crippen molar-refractivity contribution in [2.75, 3.05) is 9.80 Å². The fourth-order valence-corrected chi connectivity index (χ4v) is 7.69. The summed E-state index contributed by atoms with van der Waals surface area (Å²) in [4.78, 5) is 20.6. The van der Waals surface area contributed by atoms with Crippen LogP contribution in [0.4, 0.5) is 29.2 Å². The van der Waals surface area contributed by atoms with Crippen LogP contribution in [-0.4, -0.2) is 73.4 Å². The molecule has 4 aromatic rings. The van der Waals surface area contributed by atoms with Gasteiger partial charge >= 0.3 is 0 Å². The Morgan fingerprint density at radius 2 is 1.30 bits per heavy atom. The molecule has 2 aliphatic heterocycles. The minimum absolute atomic E-state index is 0.102. The fraction of sp³-hybridized carbons (Fsp3) is 0.586. The van der Waals surface area contributed by atoms with Crippen molar-refractivity contribution >= 4 is 34.8 Å². The fourth-order valence-electron chi connectivity index (χ4n) is 7.43.